The van der Waals surface area contributed by atoms with Gasteiger partial charge < -0.3 is 14.8 Å². The topological polar surface area (TPSA) is 64.6 Å². The number of benzene rings is 1. The Morgan fingerprint density at radius 3 is 2.50 bits per heavy atom. The van der Waals surface area contributed by atoms with Crippen molar-refractivity contribution >= 4 is 28.2 Å². The maximum Gasteiger partial charge on any atom is 0.342 e. The third kappa shape index (κ3) is 4.25. The molecule has 2 aromatic rings. The molecule has 26 heavy (non-hydrogen) atoms. The van der Waals surface area contributed by atoms with Crippen molar-refractivity contribution in [3.63, 3.8) is 0 Å². The van der Waals surface area contributed by atoms with Gasteiger partial charge in [-0.25, -0.2) is 4.79 Å². The fourth-order valence-electron chi connectivity index (χ4n) is 2.59. The standard InChI is InChI=1S/C20H23NO4S/c1-4-24-15-9-7-13(8-10-15)16-11-26-19(21-18(22)14-5-6-14)17(16)20(23)25-12(2)3/h7-12,14H,4-6H2,1-3H3,(H,21,22). The van der Waals surface area contributed by atoms with Gasteiger partial charge in [0.2, 0.25) is 5.91 Å². The van der Waals surface area contributed by atoms with Crippen molar-refractivity contribution in [2.24, 2.45) is 5.92 Å². The van der Waals surface area contributed by atoms with Crippen molar-refractivity contribution in [2.45, 2.75) is 39.7 Å². The molecule has 0 atom stereocenters. The molecule has 138 valence electrons. The summed E-state index contributed by atoms with van der Waals surface area (Å²) in [5.74, 6) is 0.403. The first-order valence-electron chi connectivity index (χ1n) is 8.86. The highest BCUT2D eigenvalue weighted by Crippen LogP contribution is 2.38. The van der Waals surface area contributed by atoms with Crippen LogP contribution in [0.3, 0.4) is 0 Å². The number of carbonyl (C=O) groups excluding carboxylic acids is 2. The molecule has 1 aliphatic carbocycles. The molecular formula is C20H23NO4S. The summed E-state index contributed by atoms with van der Waals surface area (Å²) in [4.78, 5) is 24.8. The molecule has 1 aromatic heterocycles. The Labute approximate surface area is 157 Å². The lowest BCUT2D eigenvalue weighted by Crippen LogP contribution is -2.17. The van der Waals surface area contributed by atoms with E-state index in [1.807, 2.05) is 50.4 Å². The summed E-state index contributed by atoms with van der Waals surface area (Å²) in [7, 11) is 0. The Hall–Kier alpha value is -2.34. The first-order chi connectivity index (χ1) is 12.5. The number of carbonyl (C=O) groups is 2. The number of amides is 1. The fourth-order valence-corrected chi connectivity index (χ4v) is 3.56. The van der Waals surface area contributed by atoms with Gasteiger partial charge in [0.1, 0.15) is 16.3 Å². The largest absolute Gasteiger partial charge is 0.494 e. The van der Waals surface area contributed by atoms with Crippen molar-refractivity contribution < 1.29 is 19.1 Å². The quantitative estimate of drug-likeness (QED) is 0.713. The van der Waals surface area contributed by atoms with E-state index in [1.54, 1.807) is 0 Å². The van der Waals surface area contributed by atoms with Gasteiger partial charge in [-0.05, 0) is 51.3 Å². The molecule has 0 radical (unpaired) electrons. The average molecular weight is 373 g/mol. The molecule has 1 fully saturated rings. The maximum atomic E-state index is 12.7. The molecule has 0 bridgehead atoms. The van der Waals surface area contributed by atoms with E-state index in [-0.39, 0.29) is 17.9 Å². The second kappa shape index (κ2) is 7.91. The summed E-state index contributed by atoms with van der Waals surface area (Å²) in [6, 6.07) is 7.56. The highest BCUT2D eigenvalue weighted by Gasteiger charge is 2.32. The highest BCUT2D eigenvalue weighted by atomic mass is 32.1. The monoisotopic (exact) mass is 373 g/mol. The second-order valence-corrected chi connectivity index (χ2v) is 7.41. The van der Waals surface area contributed by atoms with Crippen LogP contribution in [0.4, 0.5) is 5.00 Å². The minimum Gasteiger partial charge on any atom is -0.494 e. The first-order valence-corrected chi connectivity index (χ1v) is 9.74. The summed E-state index contributed by atoms with van der Waals surface area (Å²) in [5.41, 5.74) is 2.06. The van der Waals surface area contributed by atoms with Gasteiger partial charge in [-0.2, -0.15) is 0 Å². The van der Waals surface area contributed by atoms with Gasteiger partial charge in [0.05, 0.1) is 12.7 Å². The van der Waals surface area contributed by atoms with E-state index < -0.39 is 5.97 Å². The van der Waals surface area contributed by atoms with E-state index in [0.717, 1.165) is 29.7 Å². The third-order valence-corrected chi connectivity index (χ3v) is 4.89. The lowest BCUT2D eigenvalue weighted by atomic mass is 10.0. The van der Waals surface area contributed by atoms with Crippen molar-refractivity contribution in [1.82, 2.24) is 0 Å². The minimum atomic E-state index is -0.420. The summed E-state index contributed by atoms with van der Waals surface area (Å²) in [5, 5.41) is 5.34. The van der Waals surface area contributed by atoms with Crippen LogP contribution in [0.5, 0.6) is 5.75 Å². The van der Waals surface area contributed by atoms with E-state index in [1.165, 1.54) is 11.3 Å². The summed E-state index contributed by atoms with van der Waals surface area (Å²) < 4.78 is 10.9. The number of esters is 1. The zero-order valence-corrected chi connectivity index (χ0v) is 16.0. The van der Waals surface area contributed by atoms with E-state index >= 15 is 0 Å². The SMILES string of the molecule is CCOc1ccc(-c2csc(NC(=O)C3CC3)c2C(=O)OC(C)C)cc1. The van der Waals surface area contributed by atoms with Crippen LogP contribution in [-0.4, -0.2) is 24.6 Å². The summed E-state index contributed by atoms with van der Waals surface area (Å²) >= 11 is 1.35. The van der Waals surface area contributed by atoms with Gasteiger partial charge in [0.15, 0.2) is 0 Å². The Bertz CT molecular complexity index is 791. The molecule has 1 aliphatic rings. The van der Waals surface area contributed by atoms with Crippen LogP contribution in [0, 0.1) is 5.92 Å². The van der Waals surface area contributed by atoms with E-state index in [0.29, 0.717) is 17.2 Å². The molecule has 6 heteroatoms. The van der Waals surface area contributed by atoms with Crippen molar-refractivity contribution in [3.8, 4) is 16.9 Å². The maximum absolute atomic E-state index is 12.7. The van der Waals surface area contributed by atoms with Crippen molar-refractivity contribution in [3.05, 3.63) is 35.2 Å². The number of ether oxygens (including phenoxy) is 2. The number of hydrogen-bond donors (Lipinski definition) is 1. The van der Waals surface area contributed by atoms with Crippen LogP contribution in [0.1, 0.15) is 44.0 Å². The van der Waals surface area contributed by atoms with Gasteiger partial charge in [-0.3, -0.25) is 4.79 Å². The van der Waals surface area contributed by atoms with Crippen LogP contribution < -0.4 is 10.1 Å². The Kier molecular flexibility index (Phi) is 5.61. The molecule has 5 nitrogen and oxygen atoms in total. The molecule has 0 saturated heterocycles. The Morgan fingerprint density at radius 2 is 1.92 bits per heavy atom. The lowest BCUT2D eigenvalue weighted by molar-refractivity contribution is -0.117. The molecule has 1 N–H and O–H groups in total. The molecule has 1 aromatic carbocycles. The molecule has 0 unspecified atom stereocenters. The van der Waals surface area contributed by atoms with Gasteiger partial charge in [0.25, 0.3) is 0 Å². The summed E-state index contributed by atoms with van der Waals surface area (Å²) in [6.07, 6.45) is 1.59. The van der Waals surface area contributed by atoms with Crippen molar-refractivity contribution in [2.75, 3.05) is 11.9 Å². The molecule has 0 spiro atoms. The predicted molar refractivity (Wildman–Crippen MR) is 103 cm³/mol. The molecule has 1 heterocycles. The van der Waals surface area contributed by atoms with Gasteiger partial charge in [-0.1, -0.05) is 12.1 Å². The van der Waals surface area contributed by atoms with E-state index in [9.17, 15) is 9.59 Å². The highest BCUT2D eigenvalue weighted by molar-refractivity contribution is 7.15. The predicted octanol–water partition coefficient (Wildman–Crippen LogP) is 4.73. The van der Waals surface area contributed by atoms with Crippen molar-refractivity contribution in [1.29, 1.82) is 0 Å². The first kappa shape index (κ1) is 18.5. The van der Waals surface area contributed by atoms with Crippen LogP contribution in [-0.2, 0) is 9.53 Å². The number of rotatable bonds is 7. The van der Waals surface area contributed by atoms with Crippen LogP contribution in [0.25, 0.3) is 11.1 Å². The number of thiophene rings is 1. The van der Waals surface area contributed by atoms with E-state index in [4.69, 9.17) is 9.47 Å². The number of anilines is 1. The van der Waals surface area contributed by atoms with Gasteiger partial charge in [0, 0.05) is 16.9 Å². The Balaban J connectivity index is 1.93. The molecular weight excluding hydrogens is 350 g/mol. The van der Waals surface area contributed by atoms with Gasteiger partial charge in [-0.15, -0.1) is 11.3 Å². The molecule has 3 rings (SSSR count). The van der Waals surface area contributed by atoms with Crippen LogP contribution in [0.15, 0.2) is 29.6 Å². The van der Waals surface area contributed by atoms with Crippen LogP contribution in [0.2, 0.25) is 0 Å². The Morgan fingerprint density at radius 1 is 1.23 bits per heavy atom. The molecule has 1 saturated carbocycles. The normalized spacial score (nSPS) is 13.5. The lowest BCUT2D eigenvalue weighted by Gasteiger charge is -2.12. The zero-order chi connectivity index (χ0) is 18.7. The summed E-state index contributed by atoms with van der Waals surface area (Å²) in [6.45, 7) is 6.15. The molecule has 1 amide bonds. The number of nitrogens with one attached hydrogen (secondary N) is 1. The minimum absolute atomic E-state index is 0.0244. The third-order valence-electron chi connectivity index (χ3n) is 4.00. The molecule has 0 aliphatic heterocycles. The smallest absolute Gasteiger partial charge is 0.342 e. The van der Waals surface area contributed by atoms with Gasteiger partial charge >= 0.3 is 5.97 Å². The van der Waals surface area contributed by atoms with E-state index in [2.05, 4.69) is 5.32 Å². The number of hydrogen-bond acceptors (Lipinski definition) is 5. The second-order valence-electron chi connectivity index (χ2n) is 6.53. The average Bonchev–Trinajstić information content (AvgIpc) is 3.36. The zero-order valence-electron chi connectivity index (χ0n) is 15.2. The van der Waals surface area contributed by atoms with Crippen LogP contribution >= 0.6 is 11.3 Å². The fraction of sp³-hybridized carbons (Fsp3) is 0.400.